The molecular formula is C13H13NS. The molecular weight excluding hydrogens is 202 g/mol. The van der Waals surface area contributed by atoms with Crippen molar-refractivity contribution < 1.29 is 0 Å². The van der Waals surface area contributed by atoms with Crippen LogP contribution in [0.3, 0.4) is 0 Å². The van der Waals surface area contributed by atoms with E-state index in [-0.39, 0.29) is 0 Å². The molecule has 2 aromatic rings. The first-order valence-corrected chi connectivity index (χ1v) is 5.66. The molecule has 0 spiro atoms. The molecule has 1 nitrogen and oxygen atoms in total. The molecule has 2 heteroatoms. The van der Waals surface area contributed by atoms with E-state index in [2.05, 4.69) is 24.3 Å². The lowest BCUT2D eigenvalue weighted by Gasteiger charge is -2.04. The monoisotopic (exact) mass is 215 g/mol. The van der Waals surface area contributed by atoms with E-state index in [1.165, 1.54) is 9.79 Å². The zero-order chi connectivity index (χ0) is 10.7. The predicted molar refractivity (Wildman–Crippen MR) is 66.2 cm³/mol. The highest BCUT2D eigenvalue weighted by atomic mass is 32.2. The molecule has 0 saturated carbocycles. The van der Waals surface area contributed by atoms with Gasteiger partial charge in [0.25, 0.3) is 0 Å². The van der Waals surface area contributed by atoms with Crippen molar-refractivity contribution in [2.24, 2.45) is 0 Å². The summed E-state index contributed by atoms with van der Waals surface area (Å²) in [6, 6.07) is 16.5. The van der Waals surface area contributed by atoms with Crippen LogP contribution >= 0.6 is 11.8 Å². The van der Waals surface area contributed by atoms with E-state index < -0.39 is 0 Å². The van der Waals surface area contributed by atoms with Crippen molar-refractivity contribution >= 4 is 17.4 Å². The summed E-state index contributed by atoms with van der Waals surface area (Å²) in [7, 11) is 0. The molecule has 0 aliphatic rings. The van der Waals surface area contributed by atoms with Crippen molar-refractivity contribution in [3.63, 3.8) is 0 Å². The van der Waals surface area contributed by atoms with Crippen LogP contribution in [0.2, 0.25) is 0 Å². The summed E-state index contributed by atoms with van der Waals surface area (Å²) in [5.41, 5.74) is 7.76. The highest BCUT2D eigenvalue weighted by molar-refractivity contribution is 7.99. The van der Waals surface area contributed by atoms with Crippen LogP contribution in [0, 0.1) is 6.92 Å². The number of hydrogen-bond donors (Lipinski definition) is 1. The minimum Gasteiger partial charge on any atom is -0.399 e. The Morgan fingerprint density at radius 2 is 1.67 bits per heavy atom. The van der Waals surface area contributed by atoms with Gasteiger partial charge in [0.1, 0.15) is 0 Å². The van der Waals surface area contributed by atoms with Gasteiger partial charge in [0.2, 0.25) is 0 Å². The van der Waals surface area contributed by atoms with Crippen LogP contribution in [-0.4, -0.2) is 0 Å². The van der Waals surface area contributed by atoms with Crippen molar-refractivity contribution in [3.8, 4) is 0 Å². The fourth-order valence-electron chi connectivity index (χ4n) is 1.34. The third-order valence-electron chi connectivity index (χ3n) is 2.22. The van der Waals surface area contributed by atoms with Crippen LogP contribution in [0.25, 0.3) is 0 Å². The maximum Gasteiger partial charge on any atom is 0.0344 e. The number of nitrogens with two attached hydrogens (primary N) is 1. The van der Waals surface area contributed by atoms with Gasteiger partial charge < -0.3 is 5.73 Å². The minimum absolute atomic E-state index is 0.854. The number of anilines is 1. The molecule has 0 radical (unpaired) electrons. The standard InChI is InChI=1S/C13H13NS/c1-10-9-12(7-8-13(10)14)15-11-5-3-2-4-6-11/h2-9H,14H2,1H3. The predicted octanol–water partition coefficient (Wildman–Crippen LogP) is 3.73. The Bertz CT molecular complexity index is 451. The van der Waals surface area contributed by atoms with Crippen LogP contribution < -0.4 is 5.73 Å². The van der Waals surface area contributed by atoms with Gasteiger partial charge in [-0.3, -0.25) is 0 Å². The van der Waals surface area contributed by atoms with Crippen LogP contribution in [0.5, 0.6) is 0 Å². The SMILES string of the molecule is Cc1cc(Sc2ccccc2)ccc1N. The van der Waals surface area contributed by atoms with E-state index in [1.807, 2.05) is 31.2 Å². The van der Waals surface area contributed by atoms with Crippen molar-refractivity contribution in [1.29, 1.82) is 0 Å². The molecule has 2 aromatic carbocycles. The first-order chi connectivity index (χ1) is 7.25. The van der Waals surface area contributed by atoms with Gasteiger partial charge in [0.05, 0.1) is 0 Å². The quantitative estimate of drug-likeness (QED) is 0.772. The van der Waals surface area contributed by atoms with Gasteiger partial charge in [-0.25, -0.2) is 0 Å². The number of aryl methyl sites for hydroxylation is 1. The first kappa shape index (κ1) is 10.1. The molecule has 0 unspecified atom stereocenters. The summed E-state index contributed by atoms with van der Waals surface area (Å²) in [6.07, 6.45) is 0. The van der Waals surface area contributed by atoms with E-state index in [4.69, 9.17) is 5.73 Å². The van der Waals surface area contributed by atoms with Gasteiger partial charge in [-0.15, -0.1) is 0 Å². The van der Waals surface area contributed by atoms with Gasteiger partial charge in [-0.2, -0.15) is 0 Å². The molecule has 0 saturated heterocycles. The van der Waals surface area contributed by atoms with E-state index in [1.54, 1.807) is 11.8 Å². The molecule has 2 rings (SSSR count). The van der Waals surface area contributed by atoms with Crippen molar-refractivity contribution in [2.45, 2.75) is 16.7 Å². The zero-order valence-electron chi connectivity index (χ0n) is 8.60. The molecule has 0 atom stereocenters. The topological polar surface area (TPSA) is 26.0 Å². The molecule has 0 aliphatic heterocycles. The van der Waals surface area contributed by atoms with E-state index in [0.717, 1.165) is 11.3 Å². The molecule has 76 valence electrons. The Kier molecular flexibility index (Phi) is 2.97. The molecule has 0 amide bonds. The number of rotatable bonds is 2. The lowest BCUT2D eigenvalue weighted by molar-refractivity contribution is 1.35. The fourth-order valence-corrected chi connectivity index (χ4v) is 2.27. The maximum atomic E-state index is 5.77. The van der Waals surface area contributed by atoms with Crippen LogP contribution in [0.4, 0.5) is 5.69 Å². The molecule has 0 aliphatic carbocycles. The summed E-state index contributed by atoms with van der Waals surface area (Å²) in [5.74, 6) is 0. The van der Waals surface area contributed by atoms with Gasteiger partial charge in [-0.05, 0) is 42.8 Å². The van der Waals surface area contributed by atoms with Crippen molar-refractivity contribution in [3.05, 3.63) is 54.1 Å². The Balaban J connectivity index is 2.22. The third-order valence-corrected chi connectivity index (χ3v) is 3.22. The van der Waals surface area contributed by atoms with Crippen LogP contribution in [0.15, 0.2) is 58.3 Å². The highest BCUT2D eigenvalue weighted by Crippen LogP contribution is 2.29. The number of nitrogen functional groups attached to an aromatic ring is 1. The first-order valence-electron chi connectivity index (χ1n) is 4.85. The maximum absolute atomic E-state index is 5.77. The Morgan fingerprint density at radius 3 is 2.33 bits per heavy atom. The highest BCUT2D eigenvalue weighted by Gasteiger charge is 1.98. The molecule has 15 heavy (non-hydrogen) atoms. The number of benzene rings is 2. The second kappa shape index (κ2) is 4.41. The second-order valence-electron chi connectivity index (χ2n) is 3.43. The Morgan fingerprint density at radius 1 is 0.933 bits per heavy atom. The van der Waals surface area contributed by atoms with Crippen molar-refractivity contribution in [1.82, 2.24) is 0 Å². The molecule has 0 fully saturated rings. The smallest absolute Gasteiger partial charge is 0.0344 e. The van der Waals surface area contributed by atoms with Gasteiger partial charge in [0, 0.05) is 15.5 Å². The lowest BCUT2D eigenvalue weighted by atomic mass is 10.2. The number of hydrogen-bond acceptors (Lipinski definition) is 2. The molecule has 0 heterocycles. The van der Waals surface area contributed by atoms with Crippen molar-refractivity contribution in [2.75, 3.05) is 5.73 Å². The van der Waals surface area contributed by atoms with E-state index in [9.17, 15) is 0 Å². The normalized spacial score (nSPS) is 10.2. The lowest BCUT2D eigenvalue weighted by Crippen LogP contribution is -1.88. The summed E-state index contributed by atoms with van der Waals surface area (Å²) in [6.45, 7) is 2.03. The average molecular weight is 215 g/mol. The zero-order valence-corrected chi connectivity index (χ0v) is 9.42. The van der Waals surface area contributed by atoms with E-state index in [0.29, 0.717) is 0 Å². The summed E-state index contributed by atoms with van der Waals surface area (Å²) in [4.78, 5) is 2.48. The molecule has 0 aromatic heterocycles. The van der Waals surface area contributed by atoms with Gasteiger partial charge in [0.15, 0.2) is 0 Å². The van der Waals surface area contributed by atoms with Crippen LogP contribution in [0.1, 0.15) is 5.56 Å². The van der Waals surface area contributed by atoms with Crippen LogP contribution in [-0.2, 0) is 0 Å². The van der Waals surface area contributed by atoms with Gasteiger partial charge >= 0.3 is 0 Å². The fraction of sp³-hybridized carbons (Fsp3) is 0.0769. The third kappa shape index (κ3) is 2.54. The summed E-state index contributed by atoms with van der Waals surface area (Å²) < 4.78 is 0. The summed E-state index contributed by atoms with van der Waals surface area (Å²) >= 11 is 1.75. The van der Waals surface area contributed by atoms with E-state index >= 15 is 0 Å². The average Bonchev–Trinajstić information content (AvgIpc) is 2.25. The molecule has 0 bridgehead atoms. The Hall–Kier alpha value is -1.41. The minimum atomic E-state index is 0.854. The Labute approximate surface area is 94.3 Å². The summed E-state index contributed by atoms with van der Waals surface area (Å²) in [5, 5.41) is 0. The largest absolute Gasteiger partial charge is 0.399 e. The van der Waals surface area contributed by atoms with Gasteiger partial charge in [-0.1, -0.05) is 30.0 Å². The molecule has 2 N–H and O–H groups in total. The second-order valence-corrected chi connectivity index (χ2v) is 4.58.